The zero-order valence-corrected chi connectivity index (χ0v) is 21.3. The Morgan fingerprint density at radius 2 is 1.73 bits per heavy atom. The van der Waals surface area contributed by atoms with Gasteiger partial charge in [-0.25, -0.2) is 13.2 Å². The van der Waals surface area contributed by atoms with E-state index in [1.165, 1.54) is 4.31 Å². The summed E-state index contributed by atoms with van der Waals surface area (Å²) >= 11 is 0. The highest BCUT2D eigenvalue weighted by atomic mass is 32.2. The molecule has 3 rings (SSSR count). The summed E-state index contributed by atoms with van der Waals surface area (Å²) in [6, 6.07) is 14.8. The Balaban J connectivity index is 0.000000604. The number of aryl methyl sites for hydroxylation is 1. The van der Waals surface area contributed by atoms with Crippen LogP contribution in [-0.2, 0) is 21.4 Å². The number of piperazine rings is 1. The van der Waals surface area contributed by atoms with Crippen LogP contribution in [0, 0.1) is 6.92 Å². The summed E-state index contributed by atoms with van der Waals surface area (Å²) in [7, 11) is -1.84. The van der Waals surface area contributed by atoms with Crippen molar-refractivity contribution in [3.8, 4) is 5.75 Å². The SMILES string of the molecule is COc1cccc(CN(CCS(=O)(=O)N2CCNCC2)C(=O)c2cccc(C)c2)c1.O=C(O)C(F)(F)F. The molecule has 1 aliphatic rings. The van der Waals surface area contributed by atoms with Crippen molar-refractivity contribution < 1.29 is 41.0 Å². The number of nitrogens with one attached hydrogen (secondary N) is 1. The molecule has 0 aromatic heterocycles. The molecule has 13 heteroatoms. The molecule has 2 aromatic carbocycles. The number of nitrogens with zero attached hydrogens (tertiary/aromatic N) is 2. The van der Waals surface area contributed by atoms with Crippen LogP contribution in [0.4, 0.5) is 13.2 Å². The number of carboxylic acid groups (broad SMARTS) is 1. The number of rotatable bonds is 8. The van der Waals surface area contributed by atoms with Crippen LogP contribution in [0.5, 0.6) is 5.75 Å². The summed E-state index contributed by atoms with van der Waals surface area (Å²) in [5.74, 6) is -2.34. The Bertz CT molecular complexity index is 1170. The van der Waals surface area contributed by atoms with Crippen LogP contribution in [-0.4, -0.2) is 86.4 Å². The van der Waals surface area contributed by atoms with E-state index in [1.807, 2.05) is 49.4 Å². The molecule has 1 aliphatic heterocycles. The molecule has 1 saturated heterocycles. The number of methoxy groups -OCH3 is 1. The topological polar surface area (TPSA) is 116 Å². The number of carbonyl (C=O) groups is 2. The van der Waals surface area contributed by atoms with Crippen molar-refractivity contribution in [2.75, 3.05) is 45.6 Å². The minimum atomic E-state index is -5.08. The summed E-state index contributed by atoms with van der Waals surface area (Å²) in [6.45, 7) is 4.58. The average molecular weight is 546 g/mol. The summed E-state index contributed by atoms with van der Waals surface area (Å²) in [5, 5.41) is 10.3. The number of halogens is 3. The number of hydrogen-bond donors (Lipinski definition) is 2. The van der Waals surface area contributed by atoms with Gasteiger partial charge in [-0.15, -0.1) is 0 Å². The molecule has 0 unspecified atom stereocenters. The van der Waals surface area contributed by atoms with Crippen molar-refractivity contribution in [2.45, 2.75) is 19.6 Å². The standard InChI is InChI=1S/C22H29N3O4S.C2HF3O2/c1-18-5-3-7-20(15-18)22(26)24(17-19-6-4-8-21(16-19)29-2)13-14-30(27,28)25-11-9-23-10-12-25;3-2(4,5)1(6)7/h3-8,15-16,23H,9-14,17H2,1-2H3;(H,6,7). The maximum atomic E-state index is 13.2. The van der Waals surface area contributed by atoms with Gasteiger partial charge in [-0.3, -0.25) is 4.79 Å². The van der Waals surface area contributed by atoms with Gasteiger partial charge in [0.05, 0.1) is 12.9 Å². The normalized spacial score (nSPS) is 14.3. The molecule has 1 heterocycles. The van der Waals surface area contributed by atoms with Crippen molar-refractivity contribution in [2.24, 2.45) is 0 Å². The lowest BCUT2D eigenvalue weighted by Gasteiger charge is -2.28. The summed E-state index contributed by atoms with van der Waals surface area (Å²) in [4.78, 5) is 23.7. The minimum Gasteiger partial charge on any atom is -0.497 e. The number of aliphatic carboxylic acids is 1. The first-order valence-corrected chi connectivity index (χ1v) is 12.9. The van der Waals surface area contributed by atoms with Crippen molar-refractivity contribution in [1.82, 2.24) is 14.5 Å². The van der Waals surface area contributed by atoms with E-state index in [2.05, 4.69) is 5.32 Å². The molecular formula is C24H30F3N3O6S. The van der Waals surface area contributed by atoms with Gasteiger partial charge in [0, 0.05) is 44.8 Å². The predicted molar refractivity (Wildman–Crippen MR) is 131 cm³/mol. The van der Waals surface area contributed by atoms with E-state index in [9.17, 15) is 26.4 Å². The van der Waals surface area contributed by atoms with E-state index in [4.69, 9.17) is 14.6 Å². The molecule has 1 fully saturated rings. The van der Waals surface area contributed by atoms with Crippen LogP contribution >= 0.6 is 0 Å². The molecular weight excluding hydrogens is 515 g/mol. The van der Waals surface area contributed by atoms with Gasteiger partial charge in [0.1, 0.15) is 5.75 Å². The van der Waals surface area contributed by atoms with Crippen LogP contribution in [0.3, 0.4) is 0 Å². The molecule has 2 N–H and O–H groups in total. The smallest absolute Gasteiger partial charge is 0.490 e. The molecule has 37 heavy (non-hydrogen) atoms. The summed E-state index contributed by atoms with van der Waals surface area (Å²) in [6.07, 6.45) is -5.08. The monoisotopic (exact) mass is 545 g/mol. The van der Waals surface area contributed by atoms with Crippen LogP contribution < -0.4 is 10.1 Å². The third-order valence-corrected chi connectivity index (χ3v) is 7.24. The molecule has 0 aliphatic carbocycles. The number of sulfonamides is 1. The number of carbonyl (C=O) groups excluding carboxylic acids is 1. The Labute approximate surface area is 213 Å². The summed E-state index contributed by atoms with van der Waals surface area (Å²) in [5.41, 5.74) is 2.42. The van der Waals surface area contributed by atoms with Gasteiger partial charge >= 0.3 is 12.1 Å². The first-order valence-electron chi connectivity index (χ1n) is 11.3. The summed E-state index contributed by atoms with van der Waals surface area (Å²) < 4.78 is 64.1. The molecule has 1 amide bonds. The number of carboxylic acids is 1. The third-order valence-electron chi connectivity index (χ3n) is 5.39. The second kappa shape index (κ2) is 13.4. The number of benzene rings is 2. The zero-order valence-electron chi connectivity index (χ0n) is 20.5. The lowest BCUT2D eigenvalue weighted by Crippen LogP contribution is -2.48. The Morgan fingerprint density at radius 3 is 2.30 bits per heavy atom. The van der Waals surface area contributed by atoms with Gasteiger partial charge in [0.15, 0.2) is 0 Å². The van der Waals surface area contributed by atoms with E-state index in [0.717, 1.165) is 11.1 Å². The van der Waals surface area contributed by atoms with Gasteiger partial charge in [-0.05, 0) is 36.8 Å². The zero-order chi connectivity index (χ0) is 27.6. The number of amides is 1. The third kappa shape index (κ3) is 9.67. The molecule has 0 radical (unpaired) electrons. The van der Waals surface area contributed by atoms with E-state index in [1.54, 1.807) is 18.1 Å². The lowest BCUT2D eigenvalue weighted by atomic mass is 10.1. The van der Waals surface area contributed by atoms with Crippen LogP contribution in [0.25, 0.3) is 0 Å². The quantitative estimate of drug-likeness (QED) is 0.524. The maximum Gasteiger partial charge on any atom is 0.490 e. The average Bonchev–Trinajstić information content (AvgIpc) is 2.86. The highest BCUT2D eigenvalue weighted by molar-refractivity contribution is 7.89. The van der Waals surface area contributed by atoms with Gasteiger partial charge in [-0.1, -0.05) is 29.8 Å². The Hall–Kier alpha value is -3.16. The van der Waals surface area contributed by atoms with E-state index < -0.39 is 22.2 Å². The lowest BCUT2D eigenvalue weighted by molar-refractivity contribution is -0.192. The maximum absolute atomic E-state index is 13.2. The first-order chi connectivity index (χ1) is 17.3. The fourth-order valence-electron chi connectivity index (χ4n) is 3.48. The molecule has 2 aromatic rings. The molecule has 204 valence electrons. The highest BCUT2D eigenvalue weighted by Gasteiger charge is 2.38. The van der Waals surface area contributed by atoms with Crippen LogP contribution in [0.2, 0.25) is 0 Å². The van der Waals surface area contributed by atoms with Gasteiger partial charge in [-0.2, -0.15) is 17.5 Å². The van der Waals surface area contributed by atoms with Gasteiger partial charge < -0.3 is 20.1 Å². The highest BCUT2D eigenvalue weighted by Crippen LogP contribution is 2.17. The van der Waals surface area contributed by atoms with Crippen LogP contribution in [0.15, 0.2) is 48.5 Å². The first kappa shape index (κ1) is 30.1. The van der Waals surface area contributed by atoms with Gasteiger partial charge in [0.2, 0.25) is 10.0 Å². The molecule has 0 bridgehead atoms. The van der Waals surface area contributed by atoms with Crippen LogP contribution in [0.1, 0.15) is 21.5 Å². The Morgan fingerprint density at radius 1 is 1.11 bits per heavy atom. The number of hydrogen-bond acceptors (Lipinski definition) is 6. The molecule has 0 spiro atoms. The fourth-order valence-corrected chi connectivity index (χ4v) is 4.93. The van der Waals surface area contributed by atoms with Crippen molar-refractivity contribution in [1.29, 1.82) is 0 Å². The number of ether oxygens (including phenoxy) is 1. The minimum absolute atomic E-state index is 0.103. The predicted octanol–water partition coefficient (Wildman–Crippen LogP) is 2.51. The Kier molecular flexibility index (Phi) is 10.9. The molecule has 0 atom stereocenters. The van der Waals surface area contributed by atoms with Crippen molar-refractivity contribution >= 4 is 21.9 Å². The van der Waals surface area contributed by atoms with Crippen molar-refractivity contribution in [3.05, 3.63) is 65.2 Å². The van der Waals surface area contributed by atoms with E-state index in [0.29, 0.717) is 44.0 Å². The van der Waals surface area contributed by atoms with E-state index >= 15 is 0 Å². The van der Waals surface area contributed by atoms with Gasteiger partial charge in [0.25, 0.3) is 5.91 Å². The number of alkyl halides is 3. The molecule has 0 saturated carbocycles. The second-order valence-corrected chi connectivity index (χ2v) is 10.3. The van der Waals surface area contributed by atoms with Crippen molar-refractivity contribution in [3.63, 3.8) is 0 Å². The van der Waals surface area contributed by atoms with E-state index in [-0.39, 0.29) is 18.2 Å². The molecule has 9 nitrogen and oxygen atoms in total. The largest absolute Gasteiger partial charge is 0.497 e. The fraction of sp³-hybridized carbons (Fsp3) is 0.417. The second-order valence-electron chi connectivity index (χ2n) is 8.22.